The number of alkyl halides is 3. The van der Waals surface area contributed by atoms with Crippen LogP contribution in [0.3, 0.4) is 0 Å². The van der Waals surface area contributed by atoms with Crippen LogP contribution in [0.2, 0.25) is 0 Å². The molecule has 0 amide bonds. The normalized spacial score (nSPS) is 12.4. The predicted octanol–water partition coefficient (Wildman–Crippen LogP) is 1.34. The summed E-state index contributed by atoms with van der Waals surface area (Å²) in [6.07, 6.45) is -0.0689. The minimum atomic E-state index is -4.49. The van der Waals surface area contributed by atoms with Crippen LogP contribution in [0.25, 0.3) is 11.4 Å². The number of halogens is 3. The number of rotatable bonds is 4. The van der Waals surface area contributed by atoms with Crippen molar-refractivity contribution in [2.75, 3.05) is 5.75 Å². The molecule has 0 bridgehead atoms. The van der Waals surface area contributed by atoms with Crippen LogP contribution < -0.4 is 4.57 Å². The third kappa shape index (κ3) is 4.46. The monoisotopic (exact) mass is 334 g/mol. The summed E-state index contributed by atoms with van der Waals surface area (Å²) >= 11 is 0. The SMILES string of the molecule is O=S(=O)(O)CC[n+]1ccc(-c2ncc(C(F)(F)F)cn2)cc1. The topological polar surface area (TPSA) is 84.0 Å². The van der Waals surface area contributed by atoms with Gasteiger partial charge in [0.15, 0.2) is 24.8 Å². The largest absolute Gasteiger partial charge is 0.419 e. The molecule has 2 aromatic heterocycles. The third-order valence-electron chi connectivity index (χ3n) is 2.74. The van der Waals surface area contributed by atoms with Crippen molar-refractivity contribution >= 4 is 10.1 Å². The van der Waals surface area contributed by atoms with Crippen molar-refractivity contribution in [1.82, 2.24) is 9.97 Å². The second-order valence-electron chi connectivity index (χ2n) is 4.40. The molecule has 0 saturated carbocycles. The van der Waals surface area contributed by atoms with Gasteiger partial charge in [-0.05, 0) is 0 Å². The molecule has 0 aromatic carbocycles. The Balaban J connectivity index is 2.13. The van der Waals surface area contributed by atoms with Gasteiger partial charge in [0.1, 0.15) is 5.75 Å². The molecule has 22 heavy (non-hydrogen) atoms. The molecule has 2 heterocycles. The van der Waals surface area contributed by atoms with Gasteiger partial charge in [-0.2, -0.15) is 21.6 Å². The van der Waals surface area contributed by atoms with E-state index in [1.165, 1.54) is 29.1 Å². The van der Waals surface area contributed by atoms with Gasteiger partial charge in [-0.25, -0.2) is 14.5 Å². The van der Waals surface area contributed by atoms with Crippen molar-refractivity contribution in [3.63, 3.8) is 0 Å². The maximum Gasteiger partial charge on any atom is 0.419 e. The first-order valence-corrected chi connectivity index (χ1v) is 7.60. The van der Waals surface area contributed by atoms with Gasteiger partial charge in [0.25, 0.3) is 10.1 Å². The van der Waals surface area contributed by atoms with Crippen LogP contribution in [0.1, 0.15) is 5.56 Å². The Morgan fingerprint density at radius 1 is 1.14 bits per heavy atom. The average molecular weight is 334 g/mol. The first kappa shape index (κ1) is 16.3. The second-order valence-corrected chi connectivity index (χ2v) is 5.98. The molecule has 0 aliphatic rings. The maximum atomic E-state index is 12.4. The van der Waals surface area contributed by atoms with Crippen LogP contribution in [-0.2, 0) is 22.8 Å². The van der Waals surface area contributed by atoms with Crippen molar-refractivity contribution in [3.8, 4) is 11.4 Å². The van der Waals surface area contributed by atoms with E-state index in [0.29, 0.717) is 18.0 Å². The average Bonchev–Trinajstić information content (AvgIpc) is 2.44. The van der Waals surface area contributed by atoms with Gasteiger partial charge < -0.3 is 0 Å². The Morgan fingerprint density at radius 3 is 2.14 bits per heavy atom. The molecule has 10 heteroatoms. The van der Waals surface area contributed by atoms with Crippen LogP contribution >= 0.6 is 0 Å². The molecule has 118 valence electrons. The summed E-state index contributed by atoms with van der Waals surface area (Å²) in [6.45, 7) is 0.0486. The molecule has 0 fully saturated rings. The Labute approximate surface area is 124 Å². The van der Waals surface area contributed by atoms with Gasteiger partial charge in [0, 0.05) is 30.1 Å². The van der Waals surface area contributed by atoms with Gasteiger partial charge in [0.05, 0.1) is 5.56 Å². The molecule has 0 spiro atoms. The summed E-state index contributed by atoms with van der Waals surface area (Å²) in [6, 6.07) is 3.07. The van der Waals surface area contributed by atoms with Crippen LogP contribution in [0.4, 0.5) is 13.2 Å². The zero-order valence-corrected chi connectivity index (χ0v) is 11.8. The molecule has 0 unspecified atom stereocenters. The second kappa shape index (κ2) is 5.97. The van der Waals surface area contributed by atoms with Gasteiger partial charge in [0.2, 0.25) is 0 Å². The predicted molar refractivity (Wildman–Crippen MR) is 69.1 cm³/mol. The minimum absolute atomic E-state index is 0.0486. The first-order valence-electron chi connectivity index (χ1n) is 5.99. The molecule has 6 nitrogen and oxygen atoms in total. The van der Waals surface area contributed by atoms with E-state index in [1.54, 1.807) is 0 Å². The summed E-state index contributed by atoms with van der Waals surface area (Å²) in [5.41, 5.74) is -0.452. The van der Waals surface area contributed by atoms with Crippen LogP contribution in [0.15, 0.2) is 36.9 Å². The minimum Gasteiger partial charge on any atom is -0.285 e. The van der Waals surface area contributed by atoms with Gasteiger partial charge in [-0.1, -0.05) is 0 Å². The van der Waals surface area contributed by atoms with E-state index in [4.69, 9.17) is 4.55 Å². The lowest BCUT2D eigenvalue weighted by atomic mass is 10.2. The molecule has 0 radical (unpaired) electrons. The number of pyridine rings is 1. The highest BCUT2D eigenvalue weighted by Crippen LogP contribution is 2.28. The number of hydrogen-bond acceptors (Lipinski definition) is 4. The standard InChI is InChI=1S/C12H10F3N3O3S/c13-12(14,15)10-7-16-11(17-8-10)9-1-3-18(4-2-9)5-6-22(19,20)21/h1-4,7-8H,5-6H2/p+1. The Hall–Kier alpha value is -2.07. The van der Waals surface area contributed by atoms with Gasteiger partial charge in [-0.3, -0.25) is 4.55 Å². The van der Waals surface area contributed by atoms with Gasteiger partial charge >= 0.3 is 6.18 Å². The number of hydrogen-bond donors (Lipinski definition) is 1. The fourth-order valence-corrected chi connectivity index (χ4v) is 2.04. The summed E-state index contributed by atoms with van der Waals surface area (Å²) in [7, 11) is -4.06. The molecule has 2 aromatic rings. The molecule has 0 saturated heterocycles. The fraction of sp³-hybridized carbons (Fsp3) is 0.250. The molecule has 0 aliphatic carbocycles. The highest BCUT2D eigenvalue weighted by Gasteiger charge is 2.31. The van der Waals surface area contributed by atoms with Crippen LogP contribution in [0.5, 0.6) is 0 Å². The number of nitrogens with zero attached hydrogens (tertiary/aromatic N) is 3. The lowest BCUT2D eigenvalue weighted by Gasteiger charge is -2.05. The van der Waals surface area contributed by atoms with E-state index in [9.17, 15) is 21.6 Å². The van der Waals surface area contributed by atoms with Crippen LogP contribution in [-0.4, -0.2) is 28.7 Å². The lowest BCUT2D eigenvalue weighted by Crippen LogP contribution is -2.36. The van der Waals surface area contributed by atoms with Gasteiger partial charge in [-0.15, -0.1) is 0 Å². The van der Waals surface area contributed by atoms with Crippen LogP contribution in [0, 0.1) is 0 Å². The maximum absolute atomic E-state index is 12.4. The molecular weight excluding hydrogens is 323 g/mol. The number of aryl methyl sites for hydroxylation is 1. The van der Waals surface area contributed by atoms with Crippen molar-refractivity contribution in [1.29, 1.82) is 0 Å². The third-order valence-corrected chi connectivity index (χ3v) is 3.43. The zero-order chi connectivity index (χ0) is 16.4. The highest BCUT2D eigenvalue weighted by atomic mass is 32.2. The zero-order valence-electron chi connectivity index (χ0n) is 11.0. The lowest BCUT2D eigenvalue weighted by molar-refractivity contribution is -0.692. The molecule has 0 atom stereocenters. The van der Waals surface area contributed by atoms with Crippen molar-refractivity contribution in [2.45, 2.75) is 12.7 Å². The summed E-state index contributed by atoms with van der Waals surface area (Å²) < 4.78 is 68.6. The smallest absolute Gasteiger partial charge is 0.285 e. The van der Waals surface area contributed by atoms with E-state index >= 15 is 0 Å². The Kier molecular flexibility index (Phi) is 4.42. The summed E-state index contributed by atoms with van der Waals surface area (Å²) in [5, 5.41) is 0. The quantitative estimate of drug-likeness (QED) is 0.674. The number of aromatic nitrogens is 3. The van der Waals surface area contributed by atoms with E-state index in [-0.39, 0.29) is 12.4 Å². The molecule has 0 aliphatic heterocycles. The fourth-order valence-electron chi connectivity index (χ4n) is 1.60. The van der Waals surface area contributed by atoms with Crippen molar-refractivity contribution < 1.29 is 30.7 Å². The molecule has 2 rings (SSSR count). The molecule has 1 N–H and O–H groups in total. The van der Waals surface area contributed by atoms with E-state index < -0.39 is 27.6 Å². The summed E-state index contributed by atoms with van der Waals surface area (Å²) in [4.78, 5) is 7.31. The van der Waals surface area contributed by atoms with E-state index in [0.717, 1.165) is 0 Å². The molecular formula is C12H11F3N3O3S+. The van der Waals surface area contributed by atoms with E-state index in [2.05, 4.69) is 9.97 Å². The Morgan fingerprint density at radius 2 is 1.68 bits per heavy atom. The highest BCUT2D eigenvalue weighted by molar-refractivity contribution is 7.85. The summed E-state index contributed by atoms with van der Waals surface area (Å²) in [5.74, 6) is -0.316. The van der Waals surface area contributed by atoms with E-state index in [1.807, 2.05) is 0 Å². The van der Waals surface area contributed by atoms with Crippen molar-refractivity contribution in [3.05, 3.63) is 42.5 Å². The van der Waals surface area contributed by atoms with Crippen molar-refractivity contribution in [2.24, 2.45) is 0 Å². The Bertz CT molecular complexity index is 744. The first-order chi connectivity index (χ1) is 10.1.